The standard InChI is InChI=1S/C19H24N2O5S/c1-13-6-8-15(9-7-13)27(23,24)21(3)12-19(22)20-16-11-18(26-5)17(25-4)10-14(16)2/h6-11H,12H2,1-5H3,(H,20,22). The van der Waals surface area contributed by atoms with Crippen LogP contribution in [0.25, 0.3) is 0 Å². The molecule has 2 aromatic rings. The highest BCUT2D eigenvalue weighted by atomic mass is 32.2. The first-order valence-corrected chi connectivity index (χ1v) is 9.68. The van der Waals surface area contributed by atoms with Gasteiger partial charge in [-0.25, -0.2) is 8.42 Å². The van der Waals surface area contributed by atoms with Crippen molar-refractivity contribution in [3.8, 4) is 11.5 Å². The number of nitrogens with zero attached hydrogens (tertiary/aromatic N) is 1. The summed E-state index contributed by atoms with van der Waals surface area (Å²) >= 11 is 0. The van der Waals surface area contributed by atoms with Gasteiger partial charge in [-0.3, -0.25) is 4.79 Å². The number of rotatable bonds is 7. The second-order valence-electron chi connectivity index (χ2n) is 6.14. The zero-order valence-corrected chi connectivity index (χ0v) is 16.9. The van der Waals surface area contributed by atoms with Gasteiger partial charge in [0.15, 0.2) is 11.5 Å². The highest BCUT2D eigenvalue weighted by molar-refractivity contribution is 7.89. The summed E-state index contributed by atoms with van der Waals surface area (Å²) in [5.74, 6) is 0.564. The molecule has 146 valence electrons. The van der Waals surface area contributed by atoms with Crippen LogP contribution in [0.2, 0.25) is 0 Å². The van der Waals surface area contributed by atoms with Crippen LogP contribution < -0.4 is 14.8 Å². The Morgan fingerprint density at radius 3 is 2.15 bits per heavy atom. The third-order valence-electron chi connectivity index (χ3n) is 4.10. The number of sulfonamides is 1. The number of hydrogen-bond donors (Lipinski definition) is 1. The molecule has 0 radical (unpaired) electrons. The van der Waals surface area contributed by atoms with E-state index < -0.39 is 15.9 Å². The predicted octanol–water partition coefficient (Wildman–Crippen LogP) is 2.58. The first-order valence-electron chi connectivity index (χ1n) is 8.24. The van der Waals surface area contributed by atoms with Crippen molar-refractivity contribution in [2.24, 2.45) is 0 Å². The van der Waals surface area contributed by atoms with Gasteiger partial charge in [0.25, 0.3) is 0 Å². The minimum atomic E-state index is -3.75. The van der Waals surface area contributed by atoms with Crippen LogP contribution in [-0.4, -0.2) is 46.4 Å². The Balaban J connectivity index is 2.14. The van der Waals surface area contributed by atoms with Crippen molar-refractivity contribution < 1.29 is 22.7 Å². The van der Waals surface area contributed by atoms with Crippen molar-refractivity contribution in [1.29, 1.82) is 0 Å². The maximum atomic E-state index is 12.6. The molecule has 0 saturated heterocycles. The number of carbonyl (C=O) groups excluding carboxylic acids is 1. The number of carbonyl (C=O) groups is 1. The topological polar surface area (TPSA) is 84.9 Å². The summed E-state index contributed by atoms with van der Waals surface area (Å²) in [5.41, 5.74) is 2.25. The molecule has 0 aliphatic rings. The second kappa shape index (κ2) is 8.41. The number of amides is 1. The molecule has 0 bridgehead atoms. The fourth-order valence-electron chi connectivity index (χ4n) is 2.48. The quantitative estimate of drug-likeness (QED) is 0.783. The molecular weight excluding hydrogens is 368 g/mol. The normalized spacial score (nSPS) is 11.3. The second-order valence-corrected chi connectivity index (χ2v) is 8.19. The number of nitrogens with one attached hydrogen (secondary N) is 1. The van der Waals surface area contributed by atoms with Gasteiger partial charge in [0, 0.05) is 18.8 Å². The summed E-state index contributed by atoms with van der Waals surface area (Å²) in [5, 5.41) is 2.72. The van der Waals surface area contributed by atoms with Crippen LogP contribution in [0.5, 0.6) is 11.5 Å². The van der Waals surface area contributed by atoms with Crippen LogP contribution in [0.15, 0.2) is 41.3 Å². The molecule has 7 nitrogen and oxygen atoms in total. The maximum Gasteiger partial charge on any atom is 0.243 e. The average Bonchev–Trinajstić information content (AvgIpc) is 2.63. The number of aryl methyl sites for hydroxylation is 2. The lowest BCUT2D eigenvalue weighted by molar-refractivity contribution is -0.116. The molecule has 1 amide bonds. The van der Waals surface area contributed by atoms with Crippen LogP contribution >= 0.6 is 0 Å². The highest BCUT2D eigenvalue weighted by Crippen LogP contribution is 2.32. The molecule has 2 aromatic carbocycles. The monoisotopic (exact) mass is 392 g/mol. The van der Waals surface area contributed by atoms with E-state index in [0.29, 0.717) is 17.2 Å². The molecule has 27 heavy (non-hydrogen) atoms. The molecule has 0 saturated carbocycles. The Kier molecular flexibility index (Phi) is 6.45. The minimum Gasteiger partial charge on any atom is -0.493 e. The van der Waals surface area contributed by atoms with Gasteiger partial charge in [-0.15, -0.1) is 0 Å². The Morgan fingerprint density at radius 1 is 1.04 bits per heavy atom. The molecule has 0 aliphatic carbocycles. The van der Waals surface area contributed by atoms with Gasteiger partial charge in [-0.1, -0.05) is 17.7 Å². The fraction of sp³-hybridized carbons (Fsp3) is 0.316. The highest BCUT2D eigenvalue weighted by Gasteiger charge is 2.23. The van der Waals surface area contributed by atoms with E-state index in [2.05, 4.69) is 5.32 Å². The van der Waals surface area contributed by atoms with Gasteiger partial charge in [-0.2, -0.15) is 4.31 Å². The summed E-state index contributed by atoms with van der Waals surface area (Å²) in [6.07, 6.45) is 0. The number of methoxy groups -OCH3 is 2. The van der Waals surface area contributed by atoms with E-state index in [1.807, 2.05) is 13.8 Å². The van der Waals surface area contributed by atoms with Crippen LogP contribution in [0.3, 0.4) is 0 Å². The van der Waals surface area contributed by atoms with Crippen molar-refractivity contribution in [3.05, 3.63) is 47.5 Å². The van der Waals surface area contributed by atoms with Gasteiger partial charge in [0.2, 0.25) is 15.9 Å². The average molecular weight is 392 g/mol. The number of likely N-dealkylation sites (N-methyl/N-ethyl adjacent to an activating group) is 1. The molecule has 1 N–H and O–H groups in total. The molecule has 0 aromatic heterocycles. The van der Waals surface area contributed by atoms with Crippen LogP contribution in [0, 0.1) is 13.8 Å². The third kappa shape index (κ3) is 4.78. The van der Waals surface area contributed by atoms with Crippen molar-refractivity contribution in [3.63, 3.8) is 0 Å². The summed E-state index contributed by atoms with van der Waals surface area (Å²) < 4.78 is 36.7. The molecule has 8 heteroatoms. The molecule has 0 aliphatic heterocycles. The Bertz CT molecular complexity index is 924. The first-order chi connectivity index (χ1) is 12.7. The number of benzene rings is 2. The predicted molar refractivity (Wildman–Crippen MR) is 104 cm³/mol. The molecule has 0 heterocycles. The molecule has 0 spiro atoms. The van der Waals surface area contributed by atoms with Crippen molar-refractivity contribution >= 4 is 21.6 Å². The minimum absolute atomic E-state index is 0.144. The van der Waals surface area contributed by atoms with E-state index in [-0.39, 0.29) is 11.4 Å². The maximum absolute atomic E-state index is 12.6. The smallest absolute Gasteiger partial charge is 0.243 e. The third-order valence-corrected chi connectivity index (χ3v) is 5.92. The Hall–Kier alpha value is -2.58. The van der Waals surface area contributed by atoms with Gasteiger partial charge in [0.1, 0.15) is 0 Å². The van der Waals surface area contributed by atoms with Crippen LogP contribution in [0.4, 0.5) is 5.69 Å². The van der Waals surface area contributed by atoms with Gasteiger partial charge in [-0.05, 0) is 37.6 Å². The summed E-state index contributed by atoms with van der Waals surface area (Å²) in [4.78, 5) is 12.5. The number of ether oxygens (including phenoxy) is 2. The van der Waals surface area contributed by atoms with Crippen LogP contribution in [0.1, 0.15) is 11.1 Å². The molecule has 0 unspecified atom stereocenters. The van der Waals surface area contributed by atoms with E-state index in [1.54, 1.807) is 24.3 Å². The van der Waals surface area contributed by atoms with Gasteiger partial charge in [0.05, 0.1) is 25.7 Å². The lowest BCUT2D eigenvalue weighted by Crippen LogP contribution is -2.35. The van der Waals surface area contributed by atoms with E-state index in [1.165, 1.54) is 33.4 Å². The van der Waals surface area contributed by atoms with Crippen LogP contribution in [-0.2, 0) is 14.8 Å². The lowest BCUT2D eigenvalue weighted by Gasteiger charge is -2.18. The molecule has 0 fully saturated rings. The zero-order chi connectivity index (χ0) is 20.2. The van der Waals surface area contributed by atoms with Crippen molar-refractivity contribution in [2.75, 3.05) is 33.1 Å². The van der Waals surface area contributed by atoms with Gasteiger partial charge < -0.3 is 14.8 Å². The SMILES string of the molecule is COc1cc(C)c(NC(=O)CN(C)S(=O)(=O)c2ccc(C)cc2)cc1OC. The Labute approximate surface area is 160 Å². The first kappa shape index (κ1) is 20.7. The molecule has 2 rings (SSSR count). The van der Waals surface area contributed by atoms with Crippen molar-refractivity contribution in [2.45, 2.75) is 18.7 Å². The summed E-state index contributed by atoms with van der Waals surface area (Å²) in [6, 6.07) is 9.86. The largest absolute Gasteiger partial charge is 0.493 e. The van der Waals surface area contributed by atoms with E-state index >= 15 is 0 Å². The molecule has 0 atom stereocenters. The summed E-state index contributed by atoms with van der Waals surface area (Å²) in [7, 11) is 0.651. The van der Waals surface area contributed by atoms with Gasteiger partial charge >= 0.3 is 0 Å². The lowest BCUT2D eigenvalue weighted by atomic mass is 10.1. The summed E-state index contributed by atoms with van der Waals surface area (Å²) in [6.45, 7) is 3.37. The molecular formula is C19H24N2O5S. The fourth-order valence-corrected chi connectivity index (χ4v) is 3.61. The number of hydrogen-bond acceptors (Lipinski definition) is 5. The Morgan fingerprint density at radius 2 is 1.59 bits per heavy atom. The van der Waals surface area contributed by atoms with E-state index in [9.17, 15) is 13.2 Å². The van der Waals surface area contributed by atoms with Crippen molar-refractivity contribution in [1.82, 2.24) is 4.31 Å². The number of anilines is 1. The van der Waals surface area contributed by atoms with E-state index in [4.69, 9.17) is 9.47 Å². The zero-order valence-electron chi connectivity index (χ0n) is 16.1. The van der Waals surface area contributed by atoms with E-state index in [0.717, 1.165) is 15.4 Å².